The van der Waals surface area contributed by atoms with Crippen LogP contribution in [0.15, 0.2) is 54.6 Å². The molecular formula is C32H41BrN4O5. The zero-order valence-corrected chi connectivity index (χ0v) is 26.2. The van der Waals surface area contributed by atoms with Gasteiger partial charge in [-0.05, 0) is 62.6 Å². The topological polar surface area (TPSA) is 111 Å². The number of para-hydroxylation sites is 1. The SMILES string of the molecule is CC[C@H](C)[C@H](CO)N1C(=O)[C@@H]2[C@H](C(=O)Nc3ccccc3)[C@H]3OC2(CC3Br)C1C(=O)Nc1ccc(N(CC)CC)cc1. The van der Waals surface area contributed by atoms with E-state index < -0.39 is 35.6 Å². The second-order valence-electron chi connectivity index (χ2n) is 11.6. The molecule has 3 saturated heterocycles. The molecule has 5 rings (SSSR count). The molecule has 0 radical (unpaired) electrons. The maximum absolute atomic E-state index is 14.4. The van der Waals surface area contributed by atoms with Crippen molar-refractivity contribution in [2.45, 2.75) is 69.2 Å². The van der Waals surface area contributed by atoms with Crippen LogP contribution in [-0.2, 0) is 19.1 Å². The fourth-order valence-corrected chi connectivity index (χ4v) is 8.08. The van der Waals surface area contributed by atoms with Crippen LogP contribution in [0.2, 0.25) is 0 Å². The molecule has 3 fully saturated rings. The van der Waals surface area contributed by atoms with Gasteiger partial charge in [0.25, 0.3) is 0 Å². The number of likely N-dealkylation sites (tertiary alicyclic amines) is 1. The van der Waals surface area contributed by atoms with E-state index in [0.717, 1.165) is 18.8 Å². The predicted molar refractivity (Wildman–Crippen MR) is 167 cm³/mol. The molecule has 3 N–H and O–H groups in total. The number of rotatable bonds is 11. The number of amides is 3. The van der Waals surface area contributed by atoms with E-state index in [0.29, 0.717) is 24.2 Å². The fourth-order valence-electron chi connectivity index (χ4n) is 7.14. The molecule has 2 aromatic rings. The molecule has 3 heterocycles. The Morgan fingerprint density at radius 2 is 1.67 bits per heavy atom. The number of aliphatic hydroxyl groups excluding tert-OH is 1. The first-order valence-electron chi connectivity index (χ1n) is 15.0. The molecule has 3 amide bonds. The molecule has 0 aliphatic carbocycles. The van der Waals surface area contributed by atoms with Crippen LogP contribution < -0.4 is 15.5 Å². The summed E-state index contributed by atoms with van der Waals surface area (Å²) in [6.45, 7) is 9.59. The van der Waals surface area contributed by atoms with Crippen molar-refractivity contribution >= 4 is 50.7 Å². The zero-order chi connectivity index (χ0) is 30.2. The van der Waals surface area contributed by atoms with Crippen LogP contribution in [-0.4, -0.2) is 76.0 Å². The van der Waals surface area contributed by atoms with E-state index in [4.69, 9.17) is 4.74 Å². The molecule has 9 nitrogen and oxygen atoms in total. The van der Waals surface area contributed by atoms with Crippen LogP contribution in [0.25, 0.3) is 0 Å². The number of hydrogen-bond acceptors (Lipinski definition) is 6. The van der Waals surface area contributed by atoms with Crippen molar-refractivity contribution in [3.63, 3.8) is 0 Å². The molecule has 3 aliphatic rings. The molecular weight excluding hydrogens is 600 g/mol. The first kappa shape index (κ1) is 30.5. The number of alkyl halides is 1. The fraction of sp³-hybridized carbons (Fsp3) is 0.531. The van der Waals surface area contributed by atoms with Crippen LogP contribution in [0.5, 0.6) is 0 Å². The van der Waals surface area contributed by atoms with Gasteiger partial charge in [0.1, 0.15) is 11.6 Å². The summed E-state index contributed by atoms with van der Waals surface area (Å²) in [7, 11) is 0. The Hall–Kier alpha value is -2.95. The van der Waals surface area contributed by atoms with Gasteiger partial charge in [-0.15, -0.1) is 0 Å². The van der Waals surface area contributed by atoms with Crippen molar-refractivity contribution in [1.29, 1.82) is 0 Å². The number of halogens is 1. The second kappa shape index (κ2) is 12.3. The molecule has 3 unspecified atom stereocenters. The number of nitrogens with zero attached hydrogens (tertiary/aromatic N) is 2. The summed E-state index contributed by atoms with van der Waals surface area (Å²) in [5.41, 5.74) is 1.08. The van der Waals surface area contributed by atoms with Gasteiger partial charge in [-0.1, -0.05) is 54.4 Å². The lowest BCUT2D eigenvalue weighted by molar-refractivity contribution is -0.144. The number of aliphatic hydroxyl groups is 1. The highest BCUT2D eigenvalue weighted by Crippen LogP contribution is 2.60. The van der Waals surface area contributed by atoms with E-state index in [1.807, 2.05) is 56.3 Å². The van der Waals surface area contributed by atoms with E-state index in [9.17, 15) is 19.5 Å². The molecule has 2 bridgehead atoms. The number of carbonyl (C=O) groups excluding carboxylic acids is 3. The first-order valence-corrected chi connectivity index (χ1v) is 15.9. The van der Waals surface area contributed by atoms with E-state index in [2.05, 4.69) is 45.3 Å². The Balaban J connectivity index is 1.50. The van der Waals surface area contributed by atoms with Gasteiger partial charge in [-0.25, -0.2) is 0 Å². The Labute approximate surface area is 256 Å². The summed E-state index contributed by atoms with van der Waals surface area (Å²) in [5.74, 6) is -2.73. The van der Waals surface area contributed by atoms with Gasteiger partial charge in [-0.2, -0.15) is 0 Å². The Morgan fingerprint density at radius 1 is 1.05 bits per heavy atom. The molecule has 3 aliphatic heterocycles. The summed E-state index contributed by atoms with van der Waals surface area (Å²) in [6, 6.07) is 15.1. The number of anilines is 3. The third-order valence-corrected chi connectivity index (χ3v) is 10.3. The lowest BCUT2D eigenvalue weighted by atomic mass is 9.70. The molecule has 0 saturated carbocycles. The van der Waals surface area contributed by atoms with Crippen LogP contribution in [0.1, 0.15) is 40.5 Å². The van der Waals surface area contributed by atoms with Gasteiger partial charge in [-0.3, -0.25) is 14.4 Å². The maximum atomic E-state index is 14.4. The van der Waals surface area contributed by atoms with Crippen molar-refractivity contribution < 1.29 is 24.2 Å². The zero-order valence-electron chi connectivity index (χ0n) is 24.6. The smallest absolute Gasteiger partial charge is 0.250 e. The number of nitrogens with one attached hydrogen (secondary N) is 2. The summed E-state index contributed by atoms with van der Waals surface area (Å²) in [5, 5.41) is 16.5. The first-order chi connectivity index (χ1) is 20.2. The highest BCUT2D eigenvalue weighted by atomic mass is 79.9. The normalized spacial score (nSPS) is 29.2. The van der Waals surface area contributed by atoms with Gasteiger partial charge >= 0.3 is 0 Å². The van der Waals surface area contributed by atoms with Gasteiger partial charge in [0.05, 0.1) is 30.6 Å². The minimum Gasteiger partial charge on any atom is -0.394 e. The minimum atomic E-state index is -1.21. The summed E-state index contributed by atoms with van der Waals surface area (Å²) in [6.07, 6.45) is 0.540. The highest BCUT2D eigenvalue weighted by Gasteiger charge is 2.77. The quantitative estimate of drug-likeness (QED) is 0.317. The van der Waals surface area contributed by atoms with E-state index in [1.54, 1.807) is 12.1 Å². The van der Waals surface area contributed by atoms with E-state index in [-0.39, 0.29) is 35.1 Å². The third-order valence-electron chi connectivity index (χ3n) is 9.43. The molecule has 226 valence electrons. The standard InChI is InChI=1S/C32H41BrN4O5/c1-5-19(4)24(18-38)37-28(30(40)35-21-13-15-22(16-14-21)36(6-2)7-3)32-17-23(33)27(42-32)25(26(32)31(37)41)29(39)34-20-11-9-8-10-12-20/h8-16,19,23-28,38H,5-7,17-18H2,1-4H3,(H,34,39)(H,35,40)/t19-,23?,24-,25-,26-,27-,28?,32?/m0/s1. The average molecular weight is 642 g/mol. The molecule has 2 aromatic carbocycles. The highest BCUT2D eigenvalue weighted by molar-refractivity contribution is 9.09. The van der Waals surface area contributed by atoms with Crippen LogP contribution in [0.4, 0.5) is 17.1 Å². The number of benzene rings is 2. The van der Waals surface area contributed by atoms with Gasteiger partial charge in [0.15, 0.2) is 0 Å². The molecule has 10 heteroatoms. The summed E-state index contributed by atoms with van der Waals surface area (Å²) in [4.78, 5) is 45.9. The number of hydrogen-bond donors (Lipinski definition) is 3. The predicted octanol–water partition coefficient (Wildman–Crippen LogP) is 4.27. The second-order valence-corrected chi connectivity index (χ2v) is 12.8. The number of carbonyl (C=O) groups is 3. The van der Waals surface area contributed by atoms with Crippen molar-refractivity contribution in [2.24, 2.45) is 17.8 Å². The van der Waals surface area contributed by atoms with Crippen LogP contribution >= 0.6 is 15.9 Å². The minimum absolute atomic E-state index is 0.0774. The van der Waals surface area contributed by atoms with Crippen molar-refractivity contribution in [3.8, 4) is 0 Å². The van der Waals surface area contributed by atoms with Crippen molar-refractivity contribution in [1.82, 2.24) is 4.90 Å². The molecule has 1 spiro atoms. The van der Waals surface area contributed by atoms with Gasteiger partial charge in [0, 0.05) is 35.0 Å². The van der Waals surface area contributed by atoms with Gasteiger partial charge < -0.3 is 30.3 Å². The average Bonchev–Trinajstić information content (AvgIpc) is 3.59. The Kier molecular flexibility index (Phi) is 8.97. The van der Waals surface area contributed by atoms with Gasteiger partial charge in [0.2, 0.25) is 17.7 Å². The Bertz CT molecular complexity index is 1290. The lowest BCUT2D eigenvalue weighted by Gasteiger charge is -2.38. The lowest BCUT2D eigenvalue weighted by Crippen LogP contribution is -2.57. The Morgan fingerprint density at radius 3 is 2.26 bits per heavy atom. The number of fused-ring (bicyclic) bond motifs is 1. The van der Waals surface area contributed by atoms with E-state index >= 15 is 0 Å². The molecule has 8 atom stereocenters. The van der Waals surface area contributed by atoms with Crippen LogP contribution in [0.3, 0.4) is 0 Å². The summed E-state index contributed by atoms with van der Waals surface area (Å²) < 4.78 is 6.61. The number of ether oxygens (including phenoxy) is 1. The maximum Gasteiger partial charge on any atom is 0.250 e. The largest absolute Gasteiger partial charge is 0.394 e. The van der Waals surface area contributed by atoms with Crippen molar-refractivity contribution in [2.75, 3.05) is 35.2 Å². The summed E-state index contributed by atoms with van der Waals surface area (Å²) >= 11 is 3.72. The monoisotopic (exact) mass is 640 g/mol. The van der Waals surface area contributed by atoms with E-state index in [1.165, 1.54) is 4.90 Å². The molecule has 42 heavy (non-hydrogen) atoms. The third kappa shape index (κ3) is 5.11. The molecule has 0 aromatic heterocycles. The van der Waals surface area contributed by atoms with Crippen molar-refractivity contribution in [3.05, 3.63) is 54.6 Å². The van der Waals surface area contributed by atoms with Crippen LogP contribution in [0, 0.1) is 17.8 Å².